The quantitative estimate of drug-likeness (QED) is 0.678. The molecule has 1 aromatic rings. The van der Waals surface area contributed by atoms with Gasteiger partial charge in [0.05, 0.1) is 0 Å². The summed E-state index contributed by atoms with van der Waals surface area (Å²) in [6.07, 6.45) is 0. The van der Waals surface area contributed by atoms with E-state index in [1.807, 2.05) is 31.2 Å². The number of hydrogen-bond donors (Lipinski definition) is 0. The summed E-state index contributed by atoms with van der Waals surface area (Å²) in [4.78, 5) is 10.5. The van der Waals surface area contributed by atoms with E-state index >= 15 is 0 Å². The lowest BCUT2D eigenvalue weighted by Crippen LogP contribution is -2.07. The number of aryl methyl sites for hydroxylation is 1. The second-order valence-corrected chi connectivity index (χ2v) is 2.59. The van der Waals surface area contributed by atoms with Crippen LogP contribution < -0.4 is 4.74 Å². The molecule has 1 radical (unpaired) electrons. The largest absolute Gasteiger partial charge is 0.486 e. The highest BCUT2D eigenvalue weighted by Gasteiger charge is 1.98. The third-order valence-corrected chi connectivity index (χ3v) is 1.48. The molecule has 0 aliphatic heterocycles. The van der Waals surface area contributed by atoms with E-state index in [1.165, 1.54) is 0 Å². The topological polar surface area (TPSA) is 26.3 Å². The highest BCUT2D eigenvalue weighted by molar-refractivity contribution is 5.83. The van der Waals surface area contributed by atoms with Gasteiger partial charge in [-0.1, -0.05) is 18.2 Å². The first-order valence-electron chi connectivity index (χ1n) is 3.73. The third-order valence-electron chi connectivity index (χ3n) is 1.48. The lowest BCUT2D eigenvalue weighted by molar-refractivity contribution is -0.116. The van der Waals surface area contributed by atoms with Crippen molar-refractivity contribution in [3.8, 4) is 5.75 Å². The third kappa shape index (κ3) is 2.38. The van der Waals surface area contributed by atoms with Crippen LogP contribution in [0, 0.1) is 13.8 Å². The molecule has 0 N–H and O–H groups in total. The average Bonchev–Trinajstić information content (AvgIpc) is 2.03. The molecule has 0 bridgehead atoms. The van der Waals surface area contributed by atoms with Gasteiger partial charge in [0.2, 0.25) is 0 Å². The molecule has 0 aliphatic carbocycles. The smallest absolute Gasteiger partial charge is 0.170 e. The first-order valence-corrected chi connectivity index (χ1v) is 3.73. The van der Waals surface area contributed by atoms with Gasteiger partial charge in [-0.05, 0) is 18.6 Å². The number of carbonyl (C=O) groups is 1. The molecule has 2 nitrogen and oxygen atoms in total. The molecule has 0 atom stereocenters. The van der Waals surface area contributed by atoms with Crippen LogP contribution in [-0.2, 0) is 4.79 Å². The number of carbonyl (C=O) groups excluding carboxylic acids is 1. The van der Waals surface area contributed by atoms with Crippen LogP contribution in [0.15, 0.2) is 24.3 Å². The molecule has 63 valence electrons. The van der Waals surface area contributed by atoms with E-state index in [0.29, 0.717) is 0 Å². The molecule has 0 heterocycles. The van der Waals surface area contributed by atoms with Gasteiger partial charge in [-0.25, -0.2) is 0 Å². The molecule has 0 unspecified atom stereocenters. The molecular formula is C10H11O2. The standard InChI is InChI=1S/C10H11O2/c1-8-5-3-4-6-10(8)12-7-9(2)11/h3-6H,2,7H2,1H3. The van der Waals surface area contributed by atoms with E-state index in [0.717, 1.165) is 11.3 Å². The van der Waals surface area contributed by atoms with Crippen LogP contribution in [0.5, 0.6) is 5.75 Å². The molecular weight excluding hydrogens is 152 g/mol. The minimum atomic E-state index is -0.210. The van der Waals surface area contributed by atoms with Crippen LogP contribution in [0.4, 0.5) is 0 Å². The summed E-state index contributed by atoms with van der Waals surface area (Å²) >= 11 is 0. The highest BCUT2D eigenvalue weighted by Crippen LogP contribution is 2.15. The van der Waals surface area contributed by atoms with Crippen LogP contribution in [0.1, 0.15) is 5.56 Å². The number of rotatable bonds is 3. The Bertz CT molecular complexity index is 279. The van der Waals surface area contributed by atoms with E-state index in [2.05, 4.69) is 6.92 Å². The first kappa shape index (κ1) is 8.78. The van der Waals surface area contributed by atoms with Crippen LogP contribution >= 0.6 is 0 Å². The van der Waals surface area contributed by atoms with Crippen molar-refractivity contribution in [2.45, 2.75) is 6.92 Å². The van der Waals surface area contributed by atoms with Crippen molar-refractivity contribution >= 4 is 5.78 Å². The van der Waals surface area contributed by atoms with E-state index in [-0.39, 0.29) is 12.4 Å². The predicted molar refractivity (Wildman–Crippen MR) is 47.0 cm³/mol. The van der Waals surface area contributed by atoms with Crippen molar-refractivity contribution < 1.29 is 9.53 Å². The Balaban J connectivity index is 2.63. The van der Waals surface area contributed by atoms with Crippen molar-refractivity contribution in [3.63, 3.8) is 0 Å². The van der Waals surface area contributed by atoms with Crippen molar-refractivity contribution in [1.82, 2.24) is 0 Å². The summed E-state index contributed by atoms with van der Waals surface area (Å²) in [5.74, 6) is 0.535. The second kappa shape index (κ2) is 3.90. The Hall–Kier alpha value is -1.31. The zero-order valence-electron chi connectivity index (χ0n) is 7.04. The van der Waals surface area contributed by atoms with Crippen molar-refractivity contribution in [3.05, 3.63) is 36.8 Å². The summed E-state index contributed by atoms with van der Waals surface area (Å²) in [5.41, 5.74) is 1.03. The van der Waals surface area contributed by atoms with Gasteiger partial charge in [0.25, 0.3) is 0 Å². The van der Waals surface area contributed by atoms with Gasteiger partial charge in [0.15, 0.2) is 5.78 Å². The van der Waals surface area contributed by atoms with E-state index in [9.17, 15) is 4.79 Å². The van der Waals surface area contributed by atoms with Crippen LogP contribution in [0.3, 0.4) is 0 Å². The van der Waals surface area contributed by atoms with Gasteiger partial charge in [-0.15, -0.1) is 0 Å². The Labute approximate surface area is 72.2 Å². The molecule has 0 saturated heterocycles. The lowest BCUT2D eigenvalue weighted by Gasteiger charge is -2.05. The molecule has 0 saturated carbocycles. The lowest BCUT2D eigenvalue weighted by atomic mass is 10.2. The van der Waals surface area contributed by atoms with E-state index in [4.69, 9.17) is 4.74 Å². The maximum absolute atomic E-state index is 10.5. The Morgan fingerprint density at radius 3 is 2.75 bits per heavy atom. The molecule has 1 aromatic carbocycles. The molecule has 0 fully saturated rings. The van der Waals surface area contributed by atoms with E-state index < -0.39 is 0 Å². The zero-order chi connectivity index (χ0) is 8.97. The normalized spacial score (nSPS) is 9.50. The van der Waals surface area contributed by atoms with Crippen LogP contribution in [-0.4, -0.2) is 12.4 Å². The molecule has 0 spiro atoms. The first-order chi connectivity index (χ1) is 5.70. The van der Waals surface area contributed by atoms with Crippen molar-refractivity contribution in [1.29, 1.82) is 0 Å². The maximum Gasteiger partial charge on any atom is 0.170 e. The average molecular weight is 163 g/mol. The van der Waals surface area contributed by atoms with Crippen LogP contribution in [0.25, 0.3) is 0 Å². The Morgan fingerprint density at radius 2 is 2.17 bits per heavy atom. The number of ether oxygens (including phenoxy) is 1. The number of benzene rings is 1. The van der Waals surface area contributed by atoms with Gasteiger partial charge in [0, 0.05) is 6.92 Å². The van der Waals surface area contributed by atoms with Crippen molar-refractivity contribution in [2.75, 3.05) is 6.61 Å². The monoisotopic (exact) mass is 163 g/mol. The number of para-hydroxylation sites is 1. The molecule has 0 aromatic heterocycles. The molecule has 12 heavy (non-hydrogen) atoms. The molecule has 0 aliphatic rings. The van der Waals surface area contributed by atoms with Gasteiger partial charge >= 0.3 is 0 Å². The second-order valence-electron chi connectivity index (χ2n) is 2.59. The van der Waals surface area contributed by atoms with Gasteiger partial charge in [0.1, 0.15) is 12.4 Å². The number of hydrogen-bond acceptors (Lipinski definition) is 2. The number of Topliss-reactive ketones (excluding diaryl/α,β-unsaturated/α-hetero) is 1. The minimum Gasteiger partial charge on any atom is -0.486 e. The molecule has 0 amide bonds. The SMILES string of the molecule is [CH2]C(=O)COc1ccccc1C. The van der Waals surface area contributed by atoms with Gasteiger partial charge in [-0.2, -0.15) is 0 Å². The minimum absolute atomic E-state index is 0.0465. The zero-order valence-corrected chi connectivity index (χ0v) is 7.04. The molecule has 2 heteroatoms. The van der Waals surface area contributed by atoms with Gasteiger partial charge in [-0.3, -0.25) is 4.79 Å². The maximum atomic E-state index is 10.5. The van der Waals surface area contributed by atoms with Gasteiger partial charge < -0.3 is 4.74 Å². The fraction of sp³-hybridized carbons (Fsp3) is 0.200. The fourth-order valence-electron chi connectivity index (χ4n) is 0.877. The Kier molecular flexibility index (Phi) is 2.86. The summed E-state index contributed by atoms with van der Waals surface area (Å²) < 4.78 is 5.19. The highest BCUT2D eigenvalue weighted by atomic mass is 16.5. The fourth-order valence-corrected chi connectivity index (χ4v) is 0.877. The van der Waals surface area contributed by atoms with Crippen LogP contribution in [0.2, 0.25) is 0 Å². The molecule has 1 rings (SSSR count). The van der Waals surface area contributed by atoms with E-state index in [1.54, 1.807) is 0 Å². The summed E-state index contributed by atoms with van der Waals surface area (Å²) in [7, 11) is 0. The number of ketones is 1. The van der Waals surface area contributed by atoms with Crippen molar-refractivity contribution in [2.24, 2.45) is 0 Å². The summed E-state index contributed by atoms with van der Waals surface area (Å²) in [6.45, 7) is 5.20. The summed E-state index contributed by atoms with van der Waals surface area (Å²) in [5, 5.41) is 0. The predicted octanol–water partition coefficient (Wildman–Crippen LogP) is 1.78. The Morgan fingerprint density at radius 1 is 1.50 bits per heavy atom. The summed E-state index contributed by atoms with van der Waals surface area (Å²) in [6, 6.07) is 7.56.